The minimum atomic E-state index is 0.545. The van der Waals surface area contributed by atoms with Crippen molar-refractivity contribution in [1.29, 1.82) is 0 Å². The predicted molar refractivity (Wildman–Crippen MR) is 64.2 cm³/mol. The van der Waals surface area contributed by atoms with Gasteiger partial charge in [0.25, 0.3) is 0 Å². The Hall–Kier alpha value is -0.640. The van der Waals surface area contributed by atoms with E-state index in [1.807, 2.05) is 12.4 Å². The largest absolute Gasteiger partial charge is 0.264 e. The Balaban J connectivity index is 2.76. The summed E-state index contributed by atoms with van der Waals surface area (Å²) in [5.74, 6) is 0. The first-order valence-corrected chi connectivity index (χ1v) is 5.50. The highest BCUT2D eigenvalue weighted by atomic mass is 127. The summed E-state index contributed by atoms with van der Waals surface area (Å²) in [6, 6.07) is 8.46. The summed E-state index contributed by atoms with van der Waals surface area (Å²) in [6.45, 7) is 2.20. The SMILES string of the molecule is CC(I)c1cccc2cnccc12. The van der Waals surface area contributed by atoms with Crippen LogP contribution in [0.2, 0.25) is 0 Å². The van der Waals surface area contributed by atoms with E-state index in [1.54, 1.807) is 0 Å². The molecule has 0 aliphatic rings. The van der Waals surface area contributed by atoms with Crippen LogP contribution in [-0.4, -0.2) is 4.98 Å². The van der Waals surface area contributed by atoms with Gasteiger partial charge in [-0.25, -0.2) is 0 Å². The van der Waals surface area contributed by atoms with Gasteiger partial charge in [-0.2, -0.15) is 0 Å². The zero-order chi connectivity index (χ0) is 9.26. The number of rotatable bonds is 1. The normalized spacial score (nSPS) is 13.1. The van der Waals surface area contributed by atoms with Gasteiger partial charge in [0.2, 0.25) is 0 Å². The molecule has 0 spiro atoms. The first-order chi connectivity index (χ1) is 6.29. The second-order valence-corrected chi connectivity index (χ2v) is 4.93. The molecule has 0 N–H and O–H groups in total. The molecule has 0 aliphatic heterocycles. The van der Waals surface area contributed by atoms with Crippen LogP contribution in [0.15, 0.2) is 36.7 Å². The first-order valence-electron chi connectivity index (χ1n) is 4.26. The summed E-state index contributed by atoms with van der Waals surface area (Å²) >= 11 is 2.44. The maximum Gasteiger partial charge on any atom is 0.0346 e. The summed E-state index contributed by atoms with van der Waals surface area (Å²) in [5.41, 5.74) is 1.39. The molecule has 0 saturated carbocycles. The molecule has 1 atom stereocenters. The van der Waals surface area contributed by atoms with Crippen LogP contribution in [0.4, 0.5) is 0 Å². The second kappa shape index (κ2) is 3.62. The average Bonchev–Trinajstić information content (AvgIpc) is 2.17. The minimum Gasteiger partial charge on any atom is -0.264 e. The molecule has 2 rings (SSSR count). The van der Waals surface area contributed by atoms with E-state index in [4.69, 9.17) is 0 Å². The highest BCUT2D eigenvalue weighted by Crippen LogP contribution is 2.28. The van der Waals surface area contributed by atoms with Crippen LogP contribution in [0.5, 0.6) is 0 Å². The van der Waals surface area contributed by atoms with Gasteiger partial charge in [-0.05, 0) is 23.9 Å². The predicted octanol–water partition coefficient (Wildman–Crippen LogP) is 3.73. The second-order valence-electron chi connectivity index (χ2n) is 3.06. The van der Waals surface area contributed by atoms with Crippen molar-refractivity contribution in [3.8, 4) is 0 Å². The summed E-state index contributed by atoms with van der Waals surface area (Å²) in [4.78, 5) is 4.11. The highest BCUT2D eigenvalue weighted by Gasteiger charge is 2.04. The van der Waals surface area contributed by atoms with Gasteiger partial charge in [0.05, 0.1) is 0 Å². The van der Waals surface area contributed by atoms with Crippen molar-refractivity contribution in [1.82, 2.24) is 4.98 Å². The van der Waals surface area contributed by atoms with Gasteiger partial charge in [0, 0.05) is 21.7 Å². The number of benzene rings is 1. The van der Waals surface area contributed by atoms with E-state index in [1.165, 1.54) is 16.3 Å². The fourth-order valence-electron chi connectivity index (χ4n) is 1.49. The number of hydrogen-bond acceptors (Lipinski definition) is 1. The summed E-state index contributed by atoms with van der Waals surface area (Å²) in [6.07, 6.45) is 3.77. The molecule has 1 nitrogen and oxygen atoms in total. The molecule has 2 heteroatoms. The van der Waals surface area contributed by atoms with Crippen LogP contribution < -0.4 is 0 Å². The Kier molecular flexibility index (Phi) is 2.49. The lowest BCUT2D eigenvalue weighted by atomic mass is 10.1. The summed E-state index contributed by atoms with van der Waals surface area (Å²) < 4.78 is 0.545. The zero-order valence-electron chi connectivity index (χ0n) is 7.37. The molecule has 2 aromatic rings. The third kappa shape index (κ3) is 1.68. The fourth-order valence-corrected chi connectivity index (χ4v) is 2.04. The number of nitrogens with zero attached hydrogens (tertiary/aromatic N) is 1. The number of pyridine rings is 1. The van der Waals surface area contributed by atoms with Crippen LogP contribution in [-0.2, 0) is 0 Å². The Morgan fingerprint density at radius 2 is 2.15 bits per heavy atom. The van der Waals surface area contributed by atoms with Gasteiger partial charge in [-0.15, -0.1) is 0 Å². The van der Waals surface area contributed by atoms with Crippen molar-refractivity contribution >= 4 is 33.4 Å². The number of aromatic nitrogens is 1. The molecule has 1 aromatic carbocycles. The Morgan fingerprint density at radius 3 is 2.92 bits per heavy atom. The van der Waals surface area contributed by atoms with Crippen molar-refractivity contribution in [2.75, 3.05) is 0 Å². The van der Waals surface area contributed by atoms with Crippen LogP contribution >= 0.6 is 22.6 Å². The Bertz CT molecular complexity index is 418. The quantitative estimate of drug-likeness (QED) is 0.574. The number of alkyl halides is 1. The molecule has 0 saturated heterocycles. The van der Waals surface area contributed by atoms with E-state index < -0.39 is 0 Å². The van der Waals surface area contributed by atoms with Crippen LogP contribution in [0.1, 0.15) is 16.4 Å². The van der Waals surface area contributed by atoms with Gasteiger partial charge < -0.3 is 0 Å². The molecule has 0 radical (unpaired) electrons. The minimum absolute atomic E-state index is 0.545. The molecule has 1 unspecified atom stereocenters. The van der Waals surface area contributed by atoms with Crippen LogP contribution in [0.25, 0.3) is 10.8 Å². The smallest absolute Gasteiger partial charge is 0.0346 e. The Morgan fingerprint density at radius 1 is 1.31 bits per heavy atom. The highest BCUT2D eigenvalue weighted by molar-refractivity contribution is 14.1. The van der Waals surface area contributed by atoms with E-state index in [0.29, 0.717) is 3.92 Å². The van der Waals surface area contributed by atoms with E-state index in [-0.39, 0.29) is 0 Å². The lowest BCUT2D eigenvalue weighted by molar-refractivity contribution is 1.16. The van der Waals surface area contributed by atoms with Gasteiger partial charge in [0.1, 0.15) is 0 Å². The van der Waals surface area contributed by atoms with Gasteiger partial charge >= 0.3 is 0 Å². The third-order valence-electron chi connectivity index (χ3n) is 2.14. The maximum absolute atomic E-state index is 4.11. The monoisotopic (exact) mass is 283 g/mol. The molecule has 0 aliphatic carbocycles. The van der Waals surface area contributed by atoms with Crippen LogP contribution in [0.3, 0.4) is 0 Å². The van der Waals surface area contributed by atoms with Crippen molar-refractivity contribution < 1.29 is 0 Å². The molecule has 13 heavy (non-hydrogen) atoms. The summed E-state index contributed by atoms with van der Waals surface area (Å²) in [5, 5.41) is 2.54. The van der Waals surface area contributed by atoms with E-state index in [9.17, 15) is 0 Å². The van der Waals surface area contributed by atoms with Crippen molar-refractivity contribution in [3.05, 3.63) is 42.2 Å². The van der Waals surface area contributed by atoms with E-state index in [2.05, 4.69) is 58.8 Å². The number of hydrogen-bond donors (Lipinski definition) is 0. The zero-order valence-corrected chi connectivity index (χ0v) is 9.52. The molecule has 0 amide bonds. The van der Waals surface area contributed by atoms with Crippen molar-refractivity contribution in [2.24, 2.45) is 0 Å². The van der Waals surface area contributed by atoms with Gasteiger partial charge in [0.15, 0.2) is 0 Å². The third-order valence-corrected chi connectivity index (χ3v) is 2.81. The lowest BCUT2D eigenvalue weighted by Gasteiger charge is -2.07. The lowest BCUT2D eigenvalue weighted by Crippen LogP contribution is -1.86. The molecular formula is C11H10IN. The molecular weight excluding hydrogens is 273 g/mol. The first kappa shape index (κ1) is 8.94. The van der Waals surface area contributed by atoms with Gasteiger partial charge in [-0.3, -0.25) is 4.98 Å². The van der Waals surface area contributed by atoms with Crippen LogP contribution in [0, 0.1) is 0 Å². The van der Waals surface area contributed by atoms with Crippen molar-refractivity contribution in [2.45, 2.75) is 10.8 Å². The standard InChI is InChI=1S/C11H10IN/c1-8(12)10-4-2-3-9-7-13-6-5-11(9)10/h2-8H,1H3. The fraction of sp³-hybridized carbons (Fsp3) is 0.182. The topological polar surface area (TPSA) is 12.9 Å². The van der Waals surface area contributed by atoms with E-state index >= 15 is 0 Å². The number of halogens is 1. The molecule has 0 fully saturated rings. The summed E-state index contributed by atoms with van der Waals surface area (Å²) in [7, 11) is 0. The van der Waals surface area contributed by atoms with E-state index in [0.717, 1.165) is 0 Å². The average molecular weight is 283 g/mol. The molecule has 1 heterocycles. The van der Waals surface area contributed by atoms with Crippen molar-refractivity contribution in [3.63, 3.8) is 0 Å². The molecule has 0 bridgehead atoms. The molecule has 66 valence electrons. The molecule has 1 aromatic heterocycles. The Labute approximate surface area is 91.3 Å². The maximum atomic E-state index is 4.11. The number of fused-ring (bicyclic) bond motifs is 1. The van der Waals surface area contributed by atoms with Gasteiger partial charge in [-0.1, -0.05) is 40.8 Å².